The van der Waals surface area contributed by atoms with Crippen LogP contribution in [0.2, 0.25) is 0 Å². The van der Waals surface area contributed by atoms with Crippen LogP contribution >= 0.6 is 0 Å². The highest BCUT2D eigenvalue weighted by Crippen LogP contribution is 2.32. The highest BCUT2D eigenvalue weighted by Gasteiger charge is 2.45. The maximum absolute atomic E-state index is 15.2. The van der Waals surface area contributed by atoms with E-state index in [1.807, 2.05) is 81.4 Å². The molecule has 5 N–H and O–H groups in total. The number of allylic oxidation sites excluding steroid dienone is 2. The first kappa shape index (κ1) is 76.4. The lowest BCUT2D eigenvalue weighted by atomic mass is 9.80. The van der Waals surface area contributed by atoms with Crippen LogP contribution in [0.25, 0.3) is 0 Å². The number of nitrogens with one attached hydrogen (secondary N) is 4. The molecule has 13 atom stereocenters. The molecule has 0 radical (unpaired) electrons. The predicted octanol–water partition coefficient (Wildman–Crippen LogP) is 5.08. The van der Waals surface area contributed by atoms with E-state index in [9.17, 15) is 43.5 Å². The molecule has 1 heterocycles. The topological polar surface area (TPSA) is 258 Å². The molecule has 1 saturated heterocycles. The van der Waals surface area contributed by atoms with Crippen LogP contribution in [0.15, 0.2) is 12.2 Å². The summed E-state index contributed by atoms with van der Waals surface area (Å²) < 4.78 is 0. The maximum atomic E-state index is 15.2. The van der Waals surface area contributed by atoms with Gasteiger partial charge in [-0.3, -0.25) is 47.9 Å². The van der Waals surface area contributed by atoms with Crippen molar-refractivity contribution in [3.05, 3.63) is 12.2 Å². The number of aliphatic hydroxyl groups excluding tert-OH is 1. The summed E-state index contributed by atoms with van der Waals surface area (Å²) in [5, 5.41) is 23.3. The molecule has 1 fully saturated rings. The maximum Gasteiger partial charge on any atom is 0.246 e. The van der Waals surface area contributed by atoms with Gasteiger partial charge < -0.3 is 55.8 Å². The molecular weight excluding hydrogens is 1070 g/mol. The Bertz CT molecular complexity index is 2240. The van der Waals surface area contributed by atoms with Crippen LogP contribution in [0.5, 0.6) is 0 Å². The highest BCUT2D eigenvalue weighted by molar-refractivity contribution is 5.98. The first-order chi connectivity index (χ1) is 38.8. The average molecular weight is 1190 g/mol. The van der Waals surface area contributed by atoms with E-state index in [1.54, 1.807) is 67.5 Å². The van der Waals surface area contributed by atoms with Crippen LogP contribution in [-0.4, -0.2) is 203 Å². The van der Waals surface area contributed by atoms with Crippen molar-refractivity contribution in [2.45, 2.75) is 230 Å². The minimum Gasteiger partial charge on any atom is -0.390 e. The predicted molar refractivity (Wildman–Crippen MR) is 329 cm³/mol. The molecule has 0 aromatic heterocycles. The normalized spacial score (nSPS) is 27.9. The molecule has 0 saturated carbocycles. The number of aliphatic hydroxyl groups is 1. The van der Waals surface area contributed by atoms with Gasteiger partial charge in [-0.1, -0.05) is 116 Å². The van der Waals surface area contributed by atoms with Gasteiger partial charge in [-0.25, -0.2) is 0 Å². The van der Waals surface area contributed by atoms with Crippen molar-refractivity contribution in [3.63, 3.8) is 0 Å². The summed E-state index contributed by atoms with van der Waals surface area (Å²) in [6.45, 7) is 32.5. The van der Waals surface area contributed by atoms with Gasteiger partial charge in [0, 0.05) is 54.2 Å². The minimum atomic E-state index is -1.54. The van der Waals surface area contributed by atoms with Gasteiger partial charge in [-0.15, -0.1) is 0 Å². The second kappa shape index (κ2) is 35.1. The molecule has 21 nitrogen and oxygen atoms in total. The van der Waals surface area contributed by atoms with Crippen LogP contribution in [0.1, 0.15) is 170 Å². The number of hydrogen-bond acceptors (Lipinski definition) is 11. The van der Waals surface area contributed by atoms with E-state index in [0.29, 0.717) is 25.7 Å². The summed E-state index contributed by atoms with van der Waals surface area (Å²) in [7, 11) is 8.95. The van der Waals surface area contributed by atoms with Crippen molar-refractivity contribution < 1.29 is 53.1 Å². The molecule has 0 spiro atoms. The van der Waals surface area contributed by atoms with Gasteiger partial charge in [0.15, 0.2) is 0 Å². The highest BCUT2D eigenvalue weighted by atomic mass is 16.3. The zero-order valence-corrected chi connectivity index (χ0v) is 56.0. The molecule has 84 heavy (non-hydrogen) atoms. The molecule has 482 valence electrons. The second-order valence-corrected chi connectivity index (χ2v) is 26.6. The lowest BCUT2D eigenvalue weighted by molar-refractivity contribution is -0.155. The van der Waals surface area contributed by atoms with E-state index in [1.165, 1.54) is 54.7 Å². The second-order valence-electron chi connectivity index (χ2n) is 26.6. The van der Waals surface area contributed by atoms with E-state index in [4.69, 9.17) is 0 Å². The fraction of sp³-hybridized carbons (Fsp3) is 0.810. The smallest absolute Gasteiger partial charge is 0.246 e. The minimum absolute atomic E-state index is 0.0447. The molecule has 1 rings (SSSR count). The van der Waals surface area contributed by atoms with Gasteiger partial charge in [0.2, 0.25) is 59.1 Å². The van der Waals surface area contributed by atoms with E-state index < -0.39 is 138 Å². The zero-order chi connectivity index (χ0) is 65.1. The number of carbonyl (C=O) groups excluding carboxylic acids is 10. The van der Waals surface area contributed by atoms with Crippen molar-refractivity contribution in [2.24, 2.45) is 53.3 Å². The first-order valence-corrected chi connectivity index (χ1v) is 30.9. The molecule has 10 amide bonds. The number of nitrogens with zero attached hydrogens (tertiary/aromatic N) is 6. The van der Waals surface area contributed by atoms with Crippen LogP contribution in [0.4, 0.5) is 0 Å². The van der Waals surface area contributed by atoms with Crippen molar-refractivity contribution >= 4 is 59.1 Å². The van der Waals surface area contributed by atoms with Gasteiger partial charge in [0.1, 0.15) is 48.3 Å². The van der Waals surface area contributed by atoms with Crippen LogP contribution in [0, 0.1) is 53.3 Å². The number of amides is 10. The number of hydrogen-bond donors (Lipinski definition) is 5. The van der Waals surface area contributed by atoms with E-state index in [2.05, 4.69) is 21.3 Å². The van der Waals surface area contributed by atoms with Gasteiger partial charge in [0.25, 0.3) is 0 Å². The van der Waals surface area contributed by atoms with Gasteiger partial charge >= 0.3 is 0 Å². The standard InChI is InChI=1S/C63H114N10O11/c1-25-27-28-41(15)54(75)53-58(79)66-47(26-2)61(82)68(19)34-50(74)70(21)48(31-37(7)8)57(78)67-51(39(11)12)62(83)71(22)49(32-38(9)10)56(77)64-43(17)55(76)65-44(18)59(80)69(20)45(29-35(3)4)33-42(16)46(30-36(5)6)60(81)72(23)52(40(13)14)63(84)73(53)24/h25,27,35-49,51-54,75H,26,28-34H2,1-24H3,(H,64,77)(H,65,76)(H,66,79)(H,67,78)/b27-25+/t41-,42?,43+,44-,45+,46-,47+,48+,49+,51?,52+,53?,54-/m1/s1. The van der Waals surface area contributed by atoms with Gasteiger partial charge in [0.05, 0.1) is 12.6 Å². The van der Waals surface area contributed by atoms with Crippen molar-refractivity contribution in [1.82, 2.24) is 50.7 Å². The lowest BCUT2D eigenvalue weighted by Crippen LogP contribution is -2.62. The van der Waals surface area contributed by atoms with E-state index in [0.717, 1.165) is 4.90 Å². The fourth-order valence-corrected chi connectivity index (χ4v) is 11.2. The number of carbonyl (C=O) groups is 10. The molecule has 0 aromatic carbocycles. The summed E-state index contributed by atoms with van der Waals surface area (Å²) in [4.78, 5) is 153. The SMILES string of the molecule is C/C=C/C[C@@H](C)[C@@H](O)C1C(=O)N[C@@H](CC)C(=O)N(C)CC(=O)N(C)[C@@H](CC(C)C)C(=O)NC(C(C)C)C(=O)N(C)[C@@H](CC(C)C)C(=O)N[C@@H](C)C(=O)N[C@H](C)C(=O)N(C)[C@@H](CC(C)C)CC(C)[C@@H](CC(C)C)C(=O)N(C)[C@@H](C(C)C)C(=O)N1C. The summed E-state index contributed by atoms with van der Waals surface area (Å²) in [6.07, 6.45) is 4.39. The van der Waals surface area contributed by atoms with Crippen LogP contribution in [0.3, 0.4) is 0 Å². The Morgan fingerprint density at radius 2 is 1.00 bits per heavy atom. The molecule has 21 heteroatoms. The monoisotopic (exact) mass is 1190 g/mol. The lowest BCUT2D eigenvalue weighted by Gasteiger charge is -2.41. The molecule has 3 unspecified atom stereocenters. The van der Waals surface area contributed by atoms with Crippen molar-refractivity contribution in [3.8, 4) is 0 Å². The largest absolute Gasteiger partial charge is 0.390 e. The van der Waals surface area contributed by atoms with Crippen LogP contribution in [-0.2, 0) is 47.9 Å². The Hall–Kier alpha value is -5.60. The molecular formula is C63H114N10O11. The Kier molecular flexibility index (Phi) is 32.0. The Morgan fingerprint density at radius 3 is 1.48 bits per heavy atom. The summed E-state index contributed by atoms with van der Waals surface area (Å²) in [5.41, 5.74) is 0. The van der Waals surface area contributed by atoms with E-state index in [-0.39, 0.29) is 60.8 Å². The van der Waals surface area contributed by atoms with Crippen molar-refractivity contribution in [2.75, 3.05) is 48.8 Å². The summed E-state index contributed by atoms with van der Waals surface area (Å²) in [5.74, 6) is -8.42. The Labute approximate surface area is 505 Å². The van der Waals surface area contributed by atoms with Gasteiger partial charge in [-0.2, -0.15) is 0 Å². The van der Waals surface area contributed by atoms with E-state index >= 15 is 9.59 Å². The Balaban J connectivity index is 4.26. The van der Waals surface area contributed by atoms with Crippen molar-refractivity contribution in [1.29, 1.82) is 0 Å². The number of likely N-dealkylation sites (N-methyl/N-ethyl adjacent to an activating group) is 6. The molecule has 0 aromatic rings. The average Bonchev–Trinajstić information content (AvgIpc) is 3.55. The third-order valence-electron chi connectivity index (χ3n) is 16.5. The van der Waals surface area contributed by atoms with Crippen LogP contribution < -0.4 is 21.3 Å². The third-order valence-corrected chi connectivity index (χ3v) is 16.5. The molecule has 0 aliphatic carbocycles. The fourth-order valence-electron chi connectivity index (χ4n) is 11.2. The summed E-state index contributed by atoms with van der Waals surface area (Å²) in [6, 6.07) is -9.80. The Morgan fingerprint density at radius 1 is 0.512 bits per heavy atom. The first-order valence-electron chi connectivity index (χ1n) is 30.9. The quantitative estimate of drug-likeness (QED) is 0.135. The summed E-state index contributed by atoms with van der Waals surface area (Å²) >= 11 is 0. The zero-order valence-electron chi connectivity index (χ0n) is 56.0. The van der Waals surface area contributed by atoms with Gasteiger partial charge in [-0.05, 0) is 113 Å². The molecule has 1 aliphatic rings. The number of rotatable bonds is 15. The molecule has 1 aliphatic heterocycles. The third kappa shape index (κ3) is 22.0. The molecule has 0 bridgehead atoms.